The van der Waals surface area contributed by atoms with E-state index in [0.29, 0.717) is 26.1 Å². The molecule has 1 atom stereocenters. The standard InChI is InChI=1S/C7H13NO3S.ClH/c8-5(6(9)10)7(12)1-3-11-4-2-7;/h5,12H,1-4,8H2,(H,9,10);1H. The van der Waals surface area contributed by atoms with Crippen molar-refractivity contribution in [2.24, 2.45) is 5.73 Å². The second-order valence-corrected chi connectivity index (χ2v) is 3.92. The average Bonchev–Trinajstić information content (AvgIpc) is 2.04. The van der Waals surface area contributed by atoms with Crippen molar-refractivity contribution in [2.45, 2.75) is 23.6 Å². The van der Waals surface area contributed by atoms with Crippen molar-refractivity contribution in [2.75, 3.05) is 13.2 Å². The van der Waals surface area contributed by atoms with Crippen LogP contribution in [0.15, 0.2) is 0 Å². The molecule has 0 bridgehead atoms. The highest BCUT2D eigenvalue weighted by atomic mass is 35.5. The van der Waals surface area contributed by atoms with Crippen LogP contribution >= 0.6 is 25.0 Å². The third-order valence-electron chi connectivity index (χ3n) is 2.20. The maximum atomic E-state index is 10.6. The molecule has 1 aliphatic heterocycles. The van der Waals surface area contributed by atoms with E-state index in [1.165, 1.54) is 0 Å². The number of rotatable bonds is 2. The summed E-state index contributed by atoms with van der Waals surface area (Å²) in [7, 11) is 0. The van der Waals surface area contributed by atoms with E-state index < -0.39 is 16.8 Å². The quantitative estimate of drug-likeness (QED) is 0.594. The highest BCUT2D eigenvalue weighted by molar-refractivity contribution is 7.82. The zero-order valence-electron chi connectivity index (χ0n) is 7.10. The number of carbonyl (C=O) groups is 1. The average molecular weight is 228 g/mol. The molecular weight excluding hydrogens is 214 g/mol. The normalized spacial score (nSPS) is 22.9. The summed E-state index contributed by atoms with van der Waals surface area (Å²) in [6, 6.07) is -0.898. The molecule has 1 unspecified atom stereocenters. The molecule has 0 aromatic carbocycles. The summed E-state index contributed by atoms with van der Waals surface area (Å²) in [5, 5.41) is 8.68. The Hall–Kier alpha value is 0.0300. The molecule has 0 aromatic rings. The van der Waals surface area contributed by atoms with E-state index in [2.05, 4.69) is 12.6 Å². The zero-order valence-corrected chi connectivity index (χ0v) is 8.81. The Bertz CT molecular complexity index is 185. The molecule has 1 heterocycles. The van der Waals surface area contributed by atoms with Gasteiger partial charge >= 0.3 is 5.97 Å². The van der Waals surface area contributed by atoms with Crippen LogP contribution in [0.5, 0.6) is 0 Å². The Morgan fingerprint density at radius 3 is 2.38 bits per heavy atom. The molecule has 0 aliphatic carbocycles. The number of hydrogen-bond donors (Lipinski definition) is 3. The zero-order chi connectivity index (χ0) is 9.19. The fraction of sp³-hybridized carbons (Fsp3) is 0.857. The molecule has 0 aromatic heterocycles. The van der Waals surface area contributed by atoms with Crippen LogP contribution in [-0.2, 0) is 9.53 Å². The Morgan fingerprint density at radius 1 is 1.54 bits per heavy atom. The van der Waals surface area contributed by atoms with Crippen LogP contribution in [0.2, 0.25) is 0 Å². The van der Waals surface area contributed by atoms with E-state index in [1.807, 2.05) is 0 Å². The summed E-state index contributed by atoms with van der Waals surface area (Å²) < 4.78 is 4.50. The van der Waals surface area contributed by atoms with E-state index >= 15 is 0 Å². The molecule has 0 radical (unpaired) electrons. The van der Waals surface area contributed by atoms with Crippen molar-refractivity contribution in [3.05, 3.63) is 0 Å². The van der Waals surface area contributed by atoms with E-state index in [1.54, 1.807) is 0 Å². The second kappa shape index (κ2) is 5.05. The van der Waals surface area contributed by atoms with E-state index in [-0.39, 0.29) is 12.4 Å². The third-order valence-corrected chi connectivity index (χ3v) is 2.93. The number of ether oxygens (including phenoxy) is 1. The minimum absolute atomic E-state index is 0. The summed E-state index contributed by atoms with van der Waals surface area (Å²) >= 11 is 4.30. The molecule has 3 N–H and O–H groups in total. The number of halogens is 1. The smallest absolute Gasteiger partial charge is 0.321 e. The predicted octanol–water partition coefficient (Wildman–Crippen LogP) is 0.299. The van der Waals surface area contributed by atoms with Crippen LogP contribution in [0.25, 0.3) is 0 Å². The van der Waals surface area contributed by atoms with Crippen molar-refractivity contribution < 1.29 is 14.6 Å². The molecule has 0 amide bonds. The van der Waals surface area contributed by atoms with Crippen LogP contribution in [0.3, 0.4) is 0 Å². The van der Waals surface area contributed by atoms with Gasteiger partial charge in [0.05, 0.1) is 0 Å². The first-order valence-electron chi connectivity index (χ1n) is 3.85. The Labute approximate surface area is 88.6 Å². The van der Waals surface area contributed by atoms with Gasteiger partial charge in [-0.05, 0) is 12.8 Å². The molecule has 0 saturated carbocycles. The van der Waals surface area contributed by atoms with Crippen LogP contribution in [0, 0.1) is 0 Å². The molecule has 13 heavy (non-hydrogen) atoms. The van der Waals surface area contributed by atoms with Gasteiger partial charge < -0.3 is 15.6 Å². The molecule has 0 spiro atoms. The molecule has 1 aliphatic rings. The topological polar surface area (TPSA) is 72.6 Å². The van der Waals surface area contributed by atoms with Gasteiger partial charge in [0, 0.05) is 18.0 Å². The number of thiol groups is 1. The Morgan fingerprint density at radius 2 is 2.00 bits per heavy atom. The fourth-order valence-corrected chi connectivity index (χ4v) is 1.56. The van der Waals surface area contributed by atoms with Gasteiger partial charge in [-0.1, -0.05) is 0 Å². The van der Waals surface area contributed by atoms with E-state index in [4.69, 9.17) is 15.6 Å². The molecule has 4 nitrogen and oxygen atoms in total. The Kier molecular flexibility index (Phi) is 5.06. The van der Waals surface area contributed by atoms with Crippen molar-refractivity contribution >= 4 is 31.0 Å². The lowest BCUT2D eigenvalue weighted by atomic mass is 9.91. The number of nitrogens with two attached hydrogens (primary N) is 1. The van der Waals surface area contributed by atoms with Gasteiger partial charge in [-0.15, -0.1) is 12.4 Å². The summed E-state index contributed by atoms with van der Waals surface area (Å²) in [5.41, 5.74) is 5.49. The molecule has 1 fully saturated rings. The largest absolute Gasteiger partial charge is 0.480 e. The molecule has 6 heteroatoms. The monoisotopic (exact) mass is 227 g/mol. The van der Waals surface area contributed by atoms with E-state index in [0.717, 1.165) is 0 Å². The van der Waals surface area contributed by atoms with Crippen molar-refractivity contribution in [3.63, 3.8) is 0 Å². The summed E-state index contributed by atoms with van der Waals surface area (Å²) in [4.78, 5) is 10.6. The predicted molar refractivity (Wildman–Crippen MR) is 54.6 cm³/mol. The van der Waals surface area contributed by atoms with Gasteiger partial charge in [-0.3, -0.25) is 4.79 Å². The number of aliphatic carboxylic acids is 1. The van der Waals surface area contributed by atoms with Crippen LogP contribution in [-0.4, -0.2) is 35.1 Å². The summed E-state index contributed by atoms with van der Waals surface area (Å²) in [5.74, 6) is -0.994. The number of hydrogen-bond acceptors (Lipinski definition) is 4. The van der Waals surface area contributed by atoms with Crippen LogP contribution in [0.1, 0.15) is 12.8 Å². The van der Waals surface area contributed by atoms with Crippen LogP contribution < -0.4 is 5.73 Å². The lowest BCUT2D eigenvalue weighted by Crippen LogP contribution is -2.51. The first-order valence-corrected chi connectivity index (χ1v) is 4.29. The van der Waals surface area contributed by atoms with Gasteiger partial charge in [0.2, 0.25) is 0 Å². The minimum atomic E-state index is -0.994. The third kappa shape index (κ3) is 3.02. The van der Waals surface area contributed by atoms with Gasteiger partial charge in [0.25, 0.3) is 0 Å². The first kappa shape index (κ1) is 13.0. The minimum Gasteiger partial charge on any atom is -0.480 e. The SMILES string of the molecule is Cl.NC(C(=O)O)C1(S)CCOCC1. The number of carboxylic acids is 1. The Balaban J connectivity index is 0.00000144. The molecular formula is C7H14ClNO3S. The van der Waals surface area contributed by atoms with E-state index in [9.17, 15) is 4.79 Å². The number of carboxylic acid groups (broad SMARTS) is 1. The van der Waals surface area contributed by atoms with Crippen molar-refractivity contribution in [3.8, 4) is 0 Å². The van der Waals surface area contributed by atoms with Crippen LogP contribution in [0.4, 0.5) is 0 Å². The van der Waals surface area contributed by atoms with Gasteiger partial charge in [0.1, 0.15) is 6.04 Å². The summed E-state index contributed by atoms with van der Waals surface area (Å²) in [6.07, 6.45) is 1.20. The maximum absolute atomic E-state index is 10.6. The second-order valence-electron chi connectivity index (χ2n) is 3.03. The van der Waals surface area contributed by atoms with Gasteiger partial charge in [-0.2, -0.15) is 12.6 Å². The lowest BCUT2D eigenvalue weighted by Gasteiger charge is -2.35. The molecule has 1 saturated heterocycles. The highest BCUT2D eigenvalue weighted by Crippen LogP contribution is 2.30. The fourth-order valence-electron chi connectivity index (χ4n) is 1.27. The molecule has 1 rings (SSSR count). The first-order chi connectivity index (χ1) is 5.56. The highest BCUT2D eigenvalue weighted by Gasteiger charge is 2.38. The maximum Gasteiger partial charge on any atom is 0.321 e. The summed E-state index contributed by atoms with van der Waals surface area (Å²) in [6.45, 7) is 1.09. The van der Waals surface area contributed by atoms with Crippen molar-refractivity contribution in [1.82, 2.24) is 0 Å². The molecule has 78 valence electrons. The van der Waals surface area contributed by atoms with Crippen molar-refractivity contribution in [1.29, 1.82) is 0 Å². The van der Waals surface area contributed by atoms with Gasteiger partial charge in [0.15, 0.2) is 0 Å². The lowest BCUT2D eigenvalue weighted by molar-refractivity contribution is -0.140. The van der Waals surface area contributed by atoms with Gasteiger partial charge in [-0.25, -0.2) is 0 Å².